The van der Waals surface area contributed by atoms with E-state index in [0.717, 1.165) is 5.56 Å². The molecule has 1 atom stereocenters. The third-order valence-corrected chi connectivity index (χ3v) is 5.93. The highest BCUT2D eigenvalue weighted by Gasteiger charge is 2.46. The number of likely N-dealkylation sites (tertiary alicyclic amines) is 1. The molecule has 1 aliphatic heterocycles. The Bertz CT molecular complexity index is 1310. The summed E-state index contributed by atoms with van der Waals surface area (Å²) in [5, 5.41) is 11.4. The summed E-state index contributed by atoms with van der Waals surface area (Å²) in [5.41, 5.74) is 3.16. The normalized spacial score (nSPS) is 17.5. The average Bonchev–Trinajstić information content (AvgIpc) is 3.31. The topological polar surface area (TPSA) is 93.4 Å². The Kier molecular flexibility index (Phi) is 6.51. The van der Waals surface area contributed by atoms with Crippen molar-refractivity contribution in [1.29, 1.82) is 0 Å². The summed E-state index contributed by atoms with van der Waals surface area (Å²) in [6, 6.07) is 10.1. The molecule has 1 aromatic carbocycles. The molecule has 4 rings (SSSR count). The number of amides is 1. The lowest BCUT2D eigenvalue weighted by Gasteiger charge is -2.25. The summed E-state index contributed by atoms with van der Waals surface area (Å²) in [4.78, 5) is 32.2. The molecule has 8 nitrogen and oxygen atoms in total. The third-order valence-electron chi connectivity index (χ3n) is 5.93. The number of ether oxygens (including phenoxy) is 2. The van der Waals surface area contributed by atoms with Gasteiger partial charge in [0.2, 0.25) is 0 Å². The van der Waals surface area contributed by atoms with Crippen LogP contribution in [0.2, 0.25) is 0 Å². The van der Waals surface area contributed by atoms with Gasteiger partial charge in [-0.15, -0.1) is 0 Å². The summed E-state index contributed by atoms with van der Waals surface area (Å²) >= 11 is 0. The molecule has 2 aromatic heterocycles. The molecule has 3 aromatic rings. The molecular weight excluding hydrogens is 434 g/mol. The van der Waals surface area contributed by atoms with Gasteiger partial charge in [0.25, 0.3) is 11.7 Å². The molecular formula is C26H27N3O5. The Morgan fingerprint density at radius 1 is 1.24 bits per heavy atom. The van der Waals surface area contributed by atoms with E-state index >= 15 is 0 Å². The summed E-state index contributed by atoms with van der Waals surface area (Å²) < 4.78 is 12.7. The monoisotopic (exact) mass is 461 g/mol. The Hall–Kier alpha value is -3.91. The predicted molar refractivity (Wildman–Crippen MR) is 128 cm³/mol. The zero-order valence-corrected chi connectivity index (χ0v) is 19.4. The molecule has 3 heterocycles. The molecule has 1 fully saturated rings. The van der Waals surface area contributed by atoms with E-state index in [4.69, 9.17) is 9.47 Å². The van der Waals surface area contributed by atoms with Crippen molar-refractivity contribution in [1.82, 2.24) is 14.3 Å². The number of hydrogen-bond donors (Lipinski definition) is 1. The Labute approximate surface area is 197 Å². The average molecular weight is 462 g/mol. The van der Waals surface area contributed by atoms with Crippen molar-refractivity contribution in [3.63, 3.8) is 0 Å². The maximum Gasteiger partial charge on any atom is 0.295 e. The van der Waals surface area contributed by atoms with E-state index in [0.29, 0.717) is 29.3 Å². The number of aromatic nitrogens is 2. The molecule has 1 amide bonds. The molecule has 8 heteroatoms. The number of fused-ring (bicyclic) bond motifs is 1. The summed E-state index contributed by atoms with van der Waals surface area (Å²) in [7, 11) is 1.53. The molecule has 1 aliphatic rings. The van der Waals surface area contributed by atoms with Gasteiger partial charge >= 0.3 is 0 Å². The molecule has 1 saturated heterocycles. The van der Waals surface area contributed by atoms with Crippen LogP contribution >= 0.6 is 0 Å². The second-order valence-electron chi connectivity index (χ2n) is 8.09. The van der Waals surface area contributed by atoms with Gasteiger partial charge in [0.05, 0.1) is 23.9 Å². The van der Waals surface area contributed by atoms with Crippen LogP contribution in [0.1, 0.15) is 28.6 Å². The first kappa shape index (κ1) is 23.3. The third kappa shape index (κ3) is 3.97. The second kappa shape index (κ2) is 9.52. The Morgan fingerprint density at radius 3 is 2.74 bits per heavy atom. The molecule has 176 valence electrons. The number of nitrogens with zero attached hydrogens (tertiary/aromatic N) is 3. The fraction of sp³-hybridized carbons (Fsp3) is 0.269. The number of aliphatic hydroxyl groups is 1. The van der Waals surface area contributed by atoms with Crippen molar-refractivity contribution >= 4 is 23.1 Å². The van der Waals surface area contributed by atoms with Crippen LogP contribution in [-0.2, 0) is 14.3 Å². The van der Waals surface area contributed by atoms with Gasteiger partial charge in [-0.25, -0.2) is 4.98 Å². The lowest BCUT2D eigenvalue weighted by atomic mass is 9.96. The summed E-state index contributed by atoms with van der Waals surface area (Å²) in [5.74, 6) is -1.20. The zero-order chi connectivity index (χ0) is 24.4. The Balaban J connectivity index is 1.90. The molecule has 0 aliphatic carbocycles. The van der Waals surface area contributed by atoms with Gasteiger partial charge in [0.1, 0.15) is 23.7 Å². The van der Waals surface area contributed by atoms with Crippen LogP contribution < -0.4 is 4.74 Å². The number of pyridine rings is 1. The number of aliphatic hydroxyl groups excluding tert-OH is 1. The van der Waals surface area contributed by atoms with Crippen molar-refractivity contribution < 1.29 is 24.2 Å². The summed E-state index contributed by atoms with van der Waals surface area (Å²) in [6.07, 6.45) is 3.47. The first-order chi connectivity index (χ1) is 16.4. The number of rotatable bonds is 8. The van der Waals surface area contributed by atoms with E-state index in [9.17, 15) is 14.7 Å². The quantitative estimate of drug-likeness (QED) is 0.239. The van der Waals surface area contributed by atoms with Crippen LogP contribution in [0.25, 0.3) is 11.4 Å². The number of imidazole rings is 1. The number of carbonyl (C=O) groups excluding carboxylic acids is 2. The van der Waals surface area contributed by atoms with Crippen molar-refractivity contribution in [3.05, 3.63) is 83.3 Å². The van der Waals surface area contributed by atoms with E-state index in [2.05, 4.69) is 11.6 Å². The zero-order valence-electron chi connectivity index (χ0n) is 19.4. The maximum atomic E-state index is 13.2. The molecule has 34 heavy (non-hydrogen) atoms. The van der Waals surface area contributed by atoms with E-state index in [1.807, 2.05) is 36.6 Å². The molecule has 0 saturated carbocycles. The number of benzene rings is 1. The Morgan fingerprint density at radius 2 is 2.03 bits per heavy atom. The fourth-order valence-corrected chi connectivity index (χ4v) is 4.25. The minimum atomic E-state index is -0.812. The van der Waals surface area contributed by atoms with Gasteiger partial charge in [-0.3, -0.25) is 9.59 Å². The fourth-order valence-electron chi connectivity index (χ4n) is 4.25. The molecule has 1 N–H and O–H groups in total. The van der Waals surface area contributed by atoms with Crippen LogP contribution in [0.3, 0.4) is 0 Å². The van der Waals surface area contributed by atoms with Crippen LogP contribution in [0.4, 0.5) is 0 Å². The van der Waals surface area contributed by atoms with Gasteiger partial charge in [-0.2, -0.15) is 0 Å². The highest BCUT2D eigenvalue weighted by Crippen LogP contribution is 2.40. The van der Waals surface area contributed by atoms with Gasteiger partial charge in [-0.1, -0.05) is 30.9 Å². The van der Waals surface area contributed by atoms with Crippen molar-refractivity contribution in [2.24, 2.45) is 0 Å². The minimum Gasteiger partial charge on any atom is -0.505 e. The lowest BCUT2D eigenvalue weighted by Crippen LogP contribution is -2.32. The molecule has 1 unspecified atom stereocenters. The van der Waals surface area contributed by atoms with E-state index < -0.39 is 17.7 Å². The molecule has 0 bridgehead atoms. The standard InChI is InChI=1S/C26H27N3O5/c1-5-13-34-19-10-6-9-18(15-19)22-20(24(31)26(32)29(22)12-14-33-4)23(30)21-17(3)28-11-7-8-16(2)25(28)27-21/h5-11,15,22,30H,1,12-14H2,2-4H3. The highest BCUT2D eigenvalue weighted by atomic mass is 16.5. The van der Waals surface area contributed by atoms with Gasteiger partial charge in [-0.05, 0) is 43.2 Å². The second-order valence-corrected chi connectivity index (χ2v) is 8.09. The van der Waals surface area contributed by atoms with E-state index in [1.165, 1.54) is 12.0 Å². The van der Waals surface area contributed by atoms with E-state index in [1.54, 1.807) is 30.3 Å². The SMILES string of the molecule is C=CCOc1cccc(C2C(=C(O)c3nc4c(C)cccn4c3C)C(=O)C(=O)N2CCOC)c1. The van der Waals surface area contributed by atoms with Gasteiger partial charge < -0.3 is 23.9 Å². The van der Waals surface area contributed by atoms with Crippen LogP contribution in [0.5, 0.6) is 5.75 Å². The van der Waals surface area contributed by atoms with Gasteiger partial charge in [0, 0.05) is 19.9 Å². The van der Waals surface area contributed by atoms with Crippen LogP contribution in [-0.4, -0.2) is 57.9 Å². The van der Waals surface area contributed by atoms with Crippen LogP contribution in [0, 0.1) is 13.8 Å². The first-order valence-corrected chi connectivity index (χ1v) is 10.9. The maximum absolute atomic E-state index is 13.2. The van der Waals surface area contributed by atoms with E-state index in [-0.39, 0.29) is 30.2 Å². The molecule has 0 radical (unpaired) electrons. The van der Waals surface area contributed by atoms with Crippen molar-refractivity contribution in [2.75, 3.05) is 26.9 Å². The van der Waals surface area contributed by atoms with Gasteiger partial charge in [0.15, 0.2) is 5.76 Å². The first-order valence-electron chi connectivity index (χ1n) is 10.9. The number of hydrogen-bond acceptors (Lipinski definition) is 6. The number of carbonyl (C=O) groups is 2. The molecule has 0 spiro atoms. The van der Waals surface area contributed by atoms with Crippen molar-refractivity contribution in [2.45, 2.75) is 19.9 Å². The number of ketones is 1. The lowest BCUT2D eigenvalue weighted by molar-refractivity contribution is -0.140. The number of methoxy groups -OCH3 is 1. The summed E-state index contributed by atoms with van der Waals surface area (Å²) in [6.45, 7) is 8.13. The predicted octanol–water partition coefficient (Wildman–Crippen LogP) is 3.58. The van der Waals surface area contributed by atoms with Crippen LogP contribution in [0.15, 0.2) is 60.8 Å². The highest BCUT2D eigenvalue weighted by molar-refractivity contribution is 6.46. The largest absolute Gasteiger partial charge is 0.505 e. The minimum absolute atomic E-state index is 0.00821. The van der Waals surface area contributed by atoms with Crippen molar-refractivity contribution in [3.8, 4) is 5.75 Å². The number of Topliss-reactive ketones (excluding diaryl/α,β-unsaturated/α-hetero) is 1. The number of aryl methyl sites for hydroxylation is 2. The smallest absolute Gasteiger partial charge is 0.295 e.